The Morgan fingerprint density at radius 3 is 2.08 bits per heavy atom. The predicted octanol–water partition coefficient (Wildman–Crippen LogP) is 3.28. The van der Waals surface area contributed by atoms with Gasteiger partial charge >= 0.3 is 11.9 Å². The second-order valence-electron chi connectivity index (χ2n) is 6.82. The monoisotopic (exact) mass is 374 g/mol. The zero-order valence-corrected chi connectivity index (χ0v) is 16.3. The second kappa shape index (κ2) is 7.91. The Morgan fingerprint density at radius 1 is 0.962 bits per heavy atom. The number of hydrogen-bond donors (Lipinski definition) is 0. The molecule has 0 saturated heterocycles. The molecule has 0 spiro atoms. The van der Waals surface area contributed by atoms with Gasteiger partial charge in [0.25, 0.3) is 5.78 Å². The van der Waals surface area contributed by atoms with E-state index in [1.165, 1.54) is 30.5 Å². The van der Waals surface area contributed by atoms with E-state index < -0.39 is 23.0 Å². The maximum absolute atomic E-state index is 12.2. The van der Waals surface area contributed by atoms with Crippen LogP contribution in [0, 0.1) is 0 Å². The first-order valence-corrected chi connectivity index (χ1v) is 8.97. The van der Waals surface area contributed by atoms with E-state index in [2.05, 4.69) is 25.5 Å². The quantitative estimate of drug-likeness (QED) is 0.595. The predicted molar refractivity (Wildman–Crippen MR) is 102 cm³/mol. The van der Waals surface area contributed by atoms with Gasteiger partial charge in [0.15, 0.2) is 0 Å². The highest BCUT2D eigenvalue weighted by Crippen LogP contribution is 2.39. The number of methoxy groups -OCH3 is 2. The van der Waals surface area contributed by atoms with E-state index in [0.29, 0.717) is 0 Å². The summed E-state index contributed by atoms with van der Waals surface area (Å²) in [7, 11) is 2.38. The first-order chi connectivity index (χ1) is 12.2. The average molecular weight is 374 g/mol. The van der Waals surface area contributed by atoms with Crippen LogP contribution >= 0.6 is 11.8 Å². The van der Waals surface area contributed by atoms with Crippen molar-refractivity contribution in [3.05, 3.63) is 53.1 Å². The van der Waals surface area contributed by atoms with Crippen LogP contribution in [0.15, 0.2) is 42.0 Å². The van der Waals surface area contributed by atoms with Gasteiger partial charge in [-0.1, -0.05) is 51.1 Å². The molecule has 5 nitrogen and oxygen atoms in total. The van der Waals surface area contributed by atoms with Crippen molar-refractivity contribution in [2.45, 2.75) is 31.4 Å². The van der Waals surface area contributed by atoms with Crippen LogP contribution in [0.1, 0.15) is 31.9 Å². The van der Waals surface area contributed by atoms with Gasteiger partial charge in [0.2, 0.25) is 0 Å². The molecule has 0 radical (unpaired) electrons. The third-order valence-electron chi connectivity index (χ3n) is 4.03. The van der Waals surface area contributed by atoms with Crippen molar-refractivity contribution in [2.24, 2.45) is 0 Å². The fourth-order valence-electron chi connectivity index (χ4n) is 2.47. The SMILES string of the molecule is COC(=O)C(=O)C1=CC=C(c2ccc(C(C)(C)C)cc2)SC1C(=O)OC. The third kappa shape index (κ3) is 4.25. The molecular weight excluding hydrogens is 352 g/mol. The highest BCUT2D eigenvalue weighted by atomic mass is 32.2. The van der Waals surface area contributed by atoms with Crippen LogP contribution in [0.2, 0.25) is 0 Å². The van der Waals surface area contributed by atoms with E-state index in [1.54, 1.807) is 6.08 Å². The van der Waals surface area contributed by atoms with Crippen LogP contribution in [0.25, 0.3) is 4.91 Å². The molecular formula is C20H22O5S. The van der Waals surface area contributed by atoms with Crippen LogP contribution < -0.4 is 0 Å². The van der Waals surface area contributed by atoms with Crippen molar-refractivity contribution in [2.75, 3.05) is 14.2 Å². The fraction of sp³-hybridized carbons (Fsp3) is 0.350. The summed E-state index contributed by atoms with van der Waals surface area (Å²) in [5.41, 5.74) is 2.23. The topological polar surface area (TPSA) is 69.7 Å². The first-order valence-electron chi connectivity index (χ1n) is 8.09. The number of rotatable bonds is 4. The minimum absolute atomic E-state index is 0.0428. The minimum Gasteiger partial charge on any atom is -0.468 e. The molecule has 1 unspecified atom stereocenters. The molecule has 6 heteroatoms. The number of hydrogen-bond acceptors (Lipinski definition) is 6. The Hall–Kier alpha value is -2.34. The molecule has 26 heavy (non-hydrogen) atoms. The number of benzene rings is 1. The number of carbonyl (C=O) groups excluding carboxylic acids is 3. The largest absolute Gasteiger partial charge is 0.468 e. The van der Waals surface area contributed by atoms with E-state index in [1.807, 2.05) is 24.3 Å². The number of allylic oxidation sites excluding steroid dienone is 2. The number of ether oxygens (including phenoxy) is 2. The lowest BCUT2D eigenvalue weighted by molar-refractivity contribution is -0.150. The van der Waals surface area contributed by atoms with Gasteiger partial charge in [-0.15, -0.1) is 11.8 Å². The van der Waals surface area contributed by atoms with Gasteiger partial charge in [0, 0.05) is 10.5 Å². The Morgan fingerprint density at radius 2 is 1.58 bits per heavy atom. The molecule has 1 aromatic rings. The molecule has 0 saturated carbocycles. The van der Waals surface area contributed by atoms with Gasteiger partial charge in [0.1, 0.15) is 5.25 Å². The Bertz CT molecular complexity index is 781. The van der Waals surface area contributed by atoms with Crippen molar-refractivity contribution in [1.29, 1.82) is 0 Å². The Balaban J connectivity index is 2.38. The molecule has 0 aliphatic carbocycles. The lowest BCUT2D eigenvalue weighted by Gasteiger charge is -2.23. The van der Waals surface area contributed by atoms with Gasteiger partial charge in [-0.3, -0.25) is 9.59 Å². The summed E-state index contributed by atoms with van der Waals surface area (Å²) < 4.78 is 9.27. The maximum Gasteiger partial charge on any atom is 0.379 e. The number of carbonyl (C=O) groups is 3. The van der Waals surface area contributed by atoms with E-state index >= 15 is 0 Å². The summed E-state index contributed by atoms with van der Waals surface area (Å²) in [4.78, 5) is 36.7. The fourth-order valence-corrected chi connectivity index (χ4v) is 3.65. The molecule has 1 aliphatic rings. The molecule has 1 aromatic carbocycles. The number of esters is 2. The standard InChI is InChI=1S/C20H22O5S/c1-20(2,3)13-8-6-12(7-9-13)15-11-10-14(16(21)18(22)24-4)17(26-15)19(23)25-5/h6-11,17H,1-5H3. The lowest BCUT2D eigenvalue weighted by atomic mass is 9.86. The molecule has 1 heterocycles. The number of thioether (sulfide) groups is 1. The molecule has 1 atom stereocenters. The highest BCUT2D eigenvalue weighted by molar-refractivity contribution is 8.09. The first kappa shape index (κ1) is 20.0. The Kier molecular flexibility index (Phi) is 6.08. The summed E-state index contributed by atoms with van der Waals surface area (Å²) >= 11 is 1.18. The van der Waals surface area contributed by atoms with Crippen LogP contribution in [-0.4, -0.2) is 37.2 Å². The summed E-state index contributed by atoms with van der Waals surface area (Å²) in [5, 5.41) is -0.908. The third-order valence-corrected chi connectivity index (χ3v) is 5.33. The van der Waals surface area contributed by atoms with E-state index in [4.69, 9.17) is 4.74 Å². The van der Waals surface area contributed by atoms with Crippen LogP contribution in [0.4, 0.5) is 0 Å². The summed E-state index contributed by atoms with van der Waals surface area (Å²) in [6.45, 7) is 6.41. The van der Waals surface area contributed by atoms with Crippen molar-refractivity contribution < 1.29 is 23.9 Å². The molecule has 0 bridgehead atoms. The van der Waals surface area contributed by atoms with Crippen LogP contribution in [-0.2, 0) is 29.3 Å². The zero-order chi connectivity index (χ0) is 19.5. The second-order valence-corrected chi connectivity index (χ2v) is 7.97. The van der Waals surface area contributed by atoms with Gasteiger partial charge in [-0.2, -0.15) is 0 Å². The normalized spacial score (nSPS) is 17.0. The smallest absolute Gasteiger partial charge is 0.379 e. The molecule has 0 fully saturated rings. The van der Waals surface area contributed by atoms with Crippen LogP contribution in [0.5, 0.6) is 0 Å². The maximum atomic E-state index is 12.2. The van der Waals surface area contributed by atoms with E-state index in [0.717, 1.165) is 17.6 Å². The van der Waals surface area contributed by atoms with Crippen molar-refractivity contribution >= 4 is 34.4 Å². The summed E-state index contributed by atoms with van der Waals surface area (Å²) in [5.74, 6) is -2.43. The highest BCUT2D eigenvalue weighted by Gasteiger charge is 2.35. The Labute approximate surface area is 157 Å². The molecule has 1 aliphatic heterocycles. The van der Waals surface area contributed by atoms with Gasteiger partial charge in [-0.25, -0.2) is 4.79 Å². The van der Waals surface area contributed by atoms with Gasteiger partial charge in [-0.05, 0) is 22.6 Å². The van der Waals surface area contributed by atoms with Gasteiger partial charge < -0.3 is 9.47 Å². The summed E-state index contributed by atoms with van der Waals surface area (Å²) in [6.07, 6.45) is 3.22. The molecule has 2 rings (SSSR count). The number of Topliss-reactive ketones (excluding diaryl/α,β-unsaturated/α-hetero) is 1. The van der Waals surface area contributed by atoms with Gasteiger partial charge in [0.05, 0.1) is 14.2 Å². The van der Waals surface area contributed by atoms with Crippen molar-refractivity contribution in [3.63, 3.8) is 0 Å². The molecule has 138 valence electrons. The molecule has 0 aromatic heterocycles. The molecule has 0 N–H and O–H groups in total. The average Bonchev–Trinajstić information content (AvgIpc) is 2.65. The minimum atomic E-state index is -1.00. The van der Waals surface area contributed by atoms with Crippen molar-refractivity contribution in [3.8, 4) is 0 Å². The number of ketones is 1. The van der Waals surface area contributed by atoms with Crippen molar-refractivity contribution in [1.82, 2.24) is 0 Å². The summed E-state index contributed by atoms with van der Waals surface area (Å²) in [6, 6.07) is 8.05. The lowest BCUT2D eigenvalue weighted by Crippen LogP contribution is -2.31. The molecule has 0 amide bonds. The van der Waals surface area contributed by atoms with Crippen LogP contribution in [0.3, 0.4) is 0 Å². The van der Waals surface area contributed by atoms with E-state index in [-0.39, 0.29) is 11.0 Å². The van der Waals surface area contributed by atoms with E-state index in [9.17, 15) is 14.4 Å². The zero-order valence-electron chi connectivity index (χ0n) is 15.5.